The van der Waals surface area contributed by atoms with Crippen molar-refractivity contribution >= 4 is 17.4 Å². The summed E-state index contributed by atoms with van der Waals surface area (Å²) >= 11 is 0. The number of para-hydroxylation sites is 1. The van der Waals surface area contributed by atoms with Crippen molar-refractivity contribution in [3.05, 3.63) is 35.9 Å². The van der Waals surface area contributed by atoms with Crippen LogP contribution in [0.2, 0.25) is 0 Å². The van der Waals surface area contributed by atoms with Crippen LogP contribution in [0.25, 0.3) is 5.57 Å². The van der Waals surface area contributed by atoms with Crippen LogP contribution in [0, 0.1) is 0 Å². The number of rotatable bonds is 6. The summed E-state index contributed by atoms with van der Waals surface area (Å²) in [4.78, 5) is 25.2. The van der Waals surface area contributed by atoms with Crippen LogP contribution in [0.15, 0.2) is 30.3 Å². The Morgan fingerprint density at radius 3 is 2.62 bits per heavy atom. The van der Waals surface area contributed by atoms with Gasteiger partial charge >= 0.3 is 5.97 Å². The zero-order valence-corrected chi connectivity index (χ0v) is 14.0. The molecule has 1 aliphatic rings. The number of aliphatic carboxylic acids is 1. The van der Waals surface area contributed by atoms with E-state index in [0.29, 0.717) is 31.8 Å². The molecule has 0 aromatic heterocycles. The van der Waals surface area contributed by atoms with E-state index in [4.69, 9.17) is 14.6 Å². The van der Waals surface area contributed by atoms with Gasteiger partial charge in [0.15, 0.2) is 0 Å². The molecule has 1 aliphatic heterocycles. The van der Waals surface area contributed by atoms with Gasteiger partial charge in [-0.3, -0.25) is 9.59 Å². The number of allylic oxidation sites excluding steroid dienone is 1. The molecular weight excluding hydrogens is 310 g/mol. The average Bonchev–Trinajstić information content (AvgIpc) is 2.60. The molecule has 0 radical (unpaired) electrons. The smallest absolute Gasteiger partial charge is 0.323 e. The van der Waals surface area contributed by atoms with Crippen molar-refractivity contribution in [2.24, 2.45) is 0 Å². The van der Waals surface area contributed by atoms with Crippen LogP contribution >= 0.6 is 0 Å². The van der Waals surface area contributed by atoms with Gasteiger partial charge in [-0.25, -0.2) is 0 Å². The highest BCUT2D eigenvalue weighted by Crippen LogP contribution is 2.25. The van der Waals surface area contributed by atoms with Crippen molar-refractivity contribution in [2.45, 2.75) is 25.8 Å². The van der Waals surface area contributed by atoms with Gasteiger partial charge in [0.2, 0.25) is 5.91 Å². The molecule has 1 aromatic carbocycles. The molecule has 0 aliphatic carbocycles. The molecule has 2 rings (SSSR count). The number of hydrogen-bond donors (Lipinski definition) is 1. The third-order valence-corrected chi connectivity index (χ3v) is 4.09. The fourth-order valence-corrected chi connectivity index (χ4v) is 2.85. The highest BCUT2D eigenvalue weighted by molar-refractivity contribution is 5.97. The second-order valence-corrected chi connectivity index (χ2v) is 5.73. The zero-order chi connectivity index (χ0) is 17.5. The molecular formula is C18H23NO5. The van der Waals surface area contributed by atoms with Gasteiger partial charge in [-0.1, -0.05) is 18.2 Å². The van der Waals surface area contributed by atoms with E-state index in [1.165, 1.54) is 11.0 Å². The molecule has 1 fully saturated rings. The van der Waals surface area contributed by atoms with Gasteiger partial charge < -0.3 is 19.5 Å². The van der Waals surface area contributed by atoms with E-state index < -0.39 is 5.97 Å². The van der Waals surface area contributed by atoms with Gasteiger partial charge in [0, 0.05) is 30.9 Å². The van der Waals surface area contributed by atoms with E-state index in [0.717, 1.165) is 11.1 Å². The first-order chi connectivity index (χ1) is 11.5. The summed E-state index contributed by atoms with van der Waals surface area (Å²) in [5.41, 5.74) is 1.55. The molecule has 24 heavy (non-hydrogen) atoms. The first-order valence-electron chi connectivity index (χ1n) is 7.94. The molecule has 0 unspecified atom stereocenters. The topological polar surface area (TPSA) is 76.1 Å². The average molecular weight is 333 g/mol. The van der Waals surface area contributed by atoms with E-state index in [1.807, 2.05) is 31.2 Å². The lowest BCUT2D eigenvalue weighted by molar-refractivity contribution is -0.145. The van der Waals surface area contributed by atoms with Crippen LogP contribution in [-0.2, 0) is 14.3 Å². The Morgan fingerprint density at radius 2 is 2.00 bits per heavy atom. The van der Waals surface area contributed by atoms with Crippen LogP contribution in [0.1, 0.15) is 25.3 Å². The van der Waals surface area contributed by atoms with E-state index in [2.05, 4.69) is 0 Å². The summed E-state index contributed by atoms with van der Waals surface area (Å²) in [6, 6.07) is 7.31. The van der Waals surface area contributed by atoms with Crippen LogP contribution < -0.4 is 4.74 Å². The van der Waals surface area contributed by atoms with E-state index in [1.54, 1.807) is 7.11 Å². The minimum Gasteiger partial charge on any atom is -0.496 e. The molecule has 1 amide bonds. The molecule has 6 nitrogen and oxygen atoms in total. The van der Waals surface area contributed by atoms with Crippen molar-refractivity contribution in [1.29, 1.82) is 0 Å². The first-order valence-corrected chi connectivity index (χ1v) is 7.94. The maximum absolute atomic E-state index is 12.7. The third-order valence-electron chi connectivity index (χ3n) is 4.09. The number of amides is 1. The highest BCUT2D eigenvalue weighted by atomic mass is 16.5. The summed E-state index contributed by atoms with van der Waals surface area (Å²) in [6.07, 6.45) is 2.79. The van der Waals surface area contributed by atoms with Crippen LogP contribution in [0.4, 0.5) is 0 Å². The Morgan fingerprint density at radius 1 is 1.33 bits per heavy atom. The number of methoxy groups -OCH3 is 1. The third kappa shape index (κ3) is 4.58. The molecule has 130 valence electrons. The predicted molar refractivity (Wildman–Crippen MR) is 89.8 cm³/mol. The minimum atomic E-state index is -1.02. The summed E-state index contributed by atoms with van der Waals surface area (Å²) in [6.45, 7) is 2.60. The van der Waals surface area contributed by atoms with Crippen molar-refractivity contribution < 1.29 is 24.2 Å². The molecule has 1 heterocycles. The van der Waals surface area contributed by atoms with Gasteiger partial charge in [-0.15, -0.1) is 0 Å². The monoisotopic (exact) mass is 333 g/mol. The van der Waals surface area contributed by atoms with Crippen molar-refractivity contribution in [3.63, 3.8) is 0 Å². The number of hydrogen-bond acceptors (Lipinski definition) is 4. The molecule has 0 bridgehead atoms. The summed E-state index contributed by atoms with van der Waals surface area (Å²) < 4.78 is 10.6. The Kier molecular flexibility index (Phi) is 6.37. The fourth-order valence-electron chi connectivity index (χ4n) is 2.85. The van der Waals surface area contributed by atoms with Gasteiger partial charge in [0.05, 0.1) is 7.11 Å². The van der Waals surface area contributed by atoms with Crippen molar-refractivity contribution in [3.8, 4) is 5.75 Å². The first kappa shape index (κ1) is 18.0. The molecule has 1 N–H and O–H groups in total. The Hall–Kier alpha value is -2.34. The van der Waals surface area contributed by atoms with Crippen molar-refractivity contribution in [2.75, 3.05) is 26.9 Å². The Labute approximate surface area is 141 Å². The SMILES string of the molecule is COc1ccccc1/C(C)=C\C(=O)N(CC(=O)O)C1CCOCC1. The van der Waals surface area contributed by atoms with Crippen LogP contribution in [-0.4, -0.2) is 54.8 Å². The second-order valence-electron chi connectivity index (χ2n) is 5.73. The van der Waals surface area contributed by atoms with Gasteiger partial charge in [-0.2, -0.15) is 0 Å². The lowest BCUT2D eigenvalue weighted by Crippen LogP contribution is -2.45. The standard InChI is InChI=1S/C18H23NO5/c1-13(15-5-3-4-6-16(15)23-2)11-17(20)19(12-18(21)22)14-7-9-24-10-8-14/h3-6,11,14H,7-10,12H2,1-2H3,(H,21,22)/b13-11-. The summed E-state index contributed by atoms with van der Waals surface area (Å²) in [7, 11) is 1.58. The Bertz CT molecular complexity index is 620. The largest absolute Gasteiger partial charge is 0.496 e. The Balaban J connectivity index is 2.23. The maximum Gasteiger partial charge on any atom is 0.323 e. The number of ether oxygens (including phenoxy) is 2. The predicted octanol–water partition coefficient (Wildman–Crippen LogP) is 2.19. The molecule has 0 saturated carbocycles. The zero-order valence-electron chi connectivity index (χ0n) is 14.0. The highest BCUT2D eigenvalue weighted by Gasteiger charge is 2.26. The van der Waals surface area contributed by atoms with E-state index >= 15 is 0 Å². The second kappa shape index (κ2) is 8.49. The van der Waals surface area contributed by atoms with Gasteiger partial charge in [0.1, 0.15) is 12.3 Å². The lowest BCUT2D eigenvalue weighted by Gasteiger charge is -2.32. The molecule has 0 atom stereocenters. The summed E-state index contributed by atoms with van der Waals surface area (Å²) in [5, 5.41) is 9.13. The fraction of sp³-hybridized carbons (Fsp3) is 0.444. The normalized spacial score (nSPS) is 15.8. The number of carboxylic acids is 1. The number of nitrogens with zero attached hydrogens (tertiary/aromatic N) is 1. The summed E-state index contributed by atoms with van der Waals surface area (Å²) in [5.74, 6) is -0.638. The molecule has 0 spiro atoms. The van der Waals surface area contributed by atoms with Crippen LogP contribution in [0.5, 0.6) is 5.75 Å². The van der Waals surface area contributed by atoms with E-state index in [9.17, 15) is 9.59 Å². The maximum atomic E-state index is 12.7. The number of carbonyl (C=O) groups is 2. The quantitative estimate of drug-likeness (QED) is 0.808. The lowest BCUT2D eigenvalue weighted by atomic mass is 10.0. The van der Waals surface area contributed by atoms with Crippen LogP contribution in [0.3, 0.4) is 0 Å². The van der Waals surface area contributed by atoms with E-state index in [-0.39, 0.29) is 18.5 Å². The minimum absolute atomic E-state index is 0.107. The van der Waals surface area contributed by atoms with Gasteiger partial charge in [-0.05, 0) is 31.4 Å². The molecule has 6 heteroatoms. The number of carboxylic acid groups (broad SMARTS) is 1. The van der Waals surface area contributed by atoms with Crippen molar-refractivity contribution in [1.82, 2.24) is 4.90 Å². The molecule has 1 saturated heterocycles. The number of carbonyl (C=O) groups excluding carboxylic acids is 1. The molecule has 1 aromatic rings. The van der Waals surface area contributed by atoms with Gasteiger partial charge in [0.25, 0.3) is 0 Å². The number of benzene rings is 1.